The van der Waals surface area contributed by atoms with Crippen LogP contribution in [0.25, 0.3) is 22.3 Å². The number of para-hydroxylation sites is 1. The Labute approximate surface area is 203 Å². The second-order valence-corrected chi connectivity index (χ2v) is 9.09. The van der Waals surface area contributed by atoms with E-state index in [1.165, 1.54) is 12.4 Å². The number of ether oxygens (including phenoxy) is 1. The molecular weight excluding hydrogens is 440 g/mol. The van der Waals surface area contributed by atoms with Gasteiger partial charge in [0, 0.05) is 24.1 Å². The maximum atomic E-state index is 12.3. The number of amides is 1. The van der Waals surface area contributed by atoms with Crippen molar-refractivity contribution in [1.29, 1.82) is 0 Å². The molecule has 35 heavy (non-hydrogen) atoms. The van der Waals surface area contributed by atoms with Gasteiger partial charge in [0.05, 0.1) is 11.4 Å². The molecule has 0 spiro atoms. The lowest BCUT2D eigenvalue weighted by molar-refractivity contribution is -0.126. The zero-order valence-corrected chi connectivity index (χ0v) is 19.2. The largest absolute Gasteiger partial charge is 0.457 e. The van der Waals surface area contributed by atoms with Crippen LogP contribution in [0, 0.1) is 5.92 Å². The number of nitrogens with zero attached hydrogens (tertiary/aromatic N) is 5. The number of aromatic nitrogens is 4. The summed E-state index contributed by atoms with van der Waals surface area (Å²) in [7, 11) is 0. The maximum absolute atomic E-state index is 12.3. The molecule has 1 saturated heterocycles. The third kappa shape index (κ3) is 3.62. The summed E-state index contributed by atoms with van der Waals surface area (Å²) in [6, 6.07) is 17.8. The lowest BCUT2D eigenvalue weighted by Crippen LogP contribution is -2.35. The second kappa shape index (κ2) is 8.54. The molecule has 0 radical (unpaired) electrons. The summed E-state index contributed by atoms with van der Waals surface area (Å²) in [5.41, 5.74) is 8.74. The predicted octanol–water partition coefficient (Wildman–Crippen LogP) is 4.61. The predicted molar refractivity (Wildman–Crippen MR) is 134 cm³/mol. The van der Waals surface area contributed by atoms with Gasteiger partial charge in [-0.3, -0.25) is 4.79 Å². The summed E-state index contributed by atoms with van der Waals surface area (Å²) in [4.78, 5) is 23.1. The number of nitrogen functional groups attached to an aromatic ring is 1. The Morgan fingerprint density at radius 1 is 1.00 bits per heavy atom. The van der Waals surface area contributed by atoms with Crippen molar-refractivity contribution in [2.45, 2.75) is 31.3 Å². The van der Waals surface area contributed by atoms with E-state index in [0.29, 0.717) is 11.7 Å². The van der Waals surface area contributed by atoms with Gasteiger partial charge in [-0.25, -0.2) is 14.6 Å². The maximum Gasteiger partial charge on any atom is 0.246 e. The topological polar surface area (TPSA) is 99.2 Å². The van der Waals surface area contributed by atoms with E-state index in [2.05, 4.69) is 16.5 Å². The van der Waals surface area contributed by atoms with E-state index in [9.17, 15) is 4.79 Å². The fourth-order valence-corrected chi connectivity index (χ4v) is 5.68. The smallest absolute Gasteiger partial charge is 0.246 e. The minimum Gasteiger partial charge on any atom is -0.457 e. The van der Waals surface area contributed by atoms with Gasteiger partial charge >= 0.3 is 0 Å². The second-order valence-electron chi connectivity index (χ2n) is 9.09. The summed E-state index contributed by atoms with van der Waals surface area (Å²) in [6.07, 6.45) is 5.72. The summed E-state index contributed by atoms with van der Waals surface area (Å²) in [6.45, 7) is 4.42. The highest BCUT2D eigenvalue weighted by molar-refractivity contribution is 5.98. The zero-order chi connectivity index (χ0) is 23.9. The number of hydrogen-bond donors (Lipinski definition) is 1. The molecule has 6 rings (SSSR count). The number of anilines is 1. The third-order valence-corrected chi connectivity index (χ3v) is 7.25. The van der Waals surface area contributed by atoms with Crippen LogP contribution >= 0.6 is 0 Å². The van der Waals surface area contributed by atoms with Gasteiger partial charge in [0.15, 0.2) is 5.65 Å². The normalized spacial score (nSPS) is 21.3. The number of nitrogens with two attached hydrogens (primary N) is 1. The number of likely N-dealkylation sites (tertiary alicyclic amines) is 1. The average Bonchev–Trinajstić information content (AvgIpc) is 3.59. The van der Waals surface area contributed by atoms with Crippen molar-refractivity contribution in [1.82, 2.24) is 24.6 Å². The van der Waals surface area contributed by atoms with Gasteiger partial charge in [0.1, 0.15) is 29.3 Å². The van der Waals surface area contributed by atoms with Gasteiger partial charge < -0.3 is 15.4 Å². The molecule has 2 fully saturated rings. The van der Waals surface area contributed by atoms with E-state index < -0.39 is 0 Å². The summed E-state index contributed by atoms with van der Waals surface area (Å²) >= 11 is 0. The molecule has 1 saturated carbocycles. The molecule has 3 unspecified atom stereocenters. The minimum atomic E-state index is 0.00791. The van der Waals surface area contributed by atoms with Gasteiger partial charge in [0.25, 0.3) is 0 Å². The number of hydrogen-bond acceptors (Lipinski definition) is 6. The van der Waals surface area contributed by atoms with Gasteiger partial charge in [-0.2, -0.15) is 5.10 Å². The quantitative estimate of drug-likeness (QED) is 0.432. The van der Waals surface area contributed by atoms with E-state index >= 15 is 0 Å². The molecule has 1 aliphatic carbocycles. The van der Waals surface area contributed by atoms with Crippen molar-refractivity contribution in [2.24, 2.45) is 5.92 Å². The molecule has 2 aromatic heterocycles. The number of carbonyl (C=O) groups is 1. The first-order valence-corrected chi connectivity index (χ1v) is 11.9. The van der Waals surface area contributed by atoms with E-state index in [1.807, 2.05) is 64.2 Å². The van der Waals surface area contributed by atoms with Crippen molar-refractivity contribution in [3.63, 3.8) is 0 Å². The van der Waals surface area contributed by atoms with E-state index in [4.69, 9.17) is 15.6 Å². The van der Waals surface area contributed by atoms with Crippen molar-refractivity contribution in [3.8, 4) is 22.8 Å². The molecule has 4 aromatic rings. The molecule has 3 atom stereocenters. The Hall–Kier alpha value is -4.20. The van der Waals surface area contributed by atoms with Crippen LogP contribution in [0.4, 0.5) is 5.82 Å². The molecule has 2 aliphatic rings. The fraction of sp³-hybridized carbons (Fsp3) is 0.259. The first kappa shape index (κ1) is 21.3. The number of carbonyl (C=O) groups excluding carboxylic acids is 1. The molecule has 176 valence electrons. The third-order valence-electron chi connectivity index (χ3n) is 7.25. The Morgan fingerprint density at radius 3 is 2.51 bits per heavy atom. The highest BCUT2D eigenvalue weighted by Crippen LogP contribution is 2.46. The van der Waals surface area contributed by atoms with Crippen LogP contribution in [0.15, 0.2) is 73.6 Å². The van der Waals surface area contributed by atoms with Gasteiger partial charge in [-0.05, 0) is 61.7 Å². The first-order chi connectivity index (χ1) is 17.1. The van der Waals surface area contributed by atoms with Crippen LogP contribution in [0.1, 0.15) is 25.3 Å². The number of benzene rings is 2. The van der Waals surface area contributed by atoms with Crippen LogP contribution in [0.2, 0.25) is 0 Å². The Morgan fingerprint density at radius 2 is 1.74 bits per heavy atom. The highest BCUT2D eigenvalue weighted by Gasteiger charge is 2.46. The van der Waals surface area contributed by atoms with Crippen molar-refractivity contribution in [2.75, 3.05) is 12.3 Å². The molecule has 3 heterocycles. The standard InChI is InChI=1S/C27H26N6O2/c1-2-23(34)32-15-14-20-21(32)12-13-22(20)33-27-24(26(28)29-16-30-27)25(31-33)17-8-10-19(11-9-17)35-18-6-4-3-5-7-18/h2-11,16,20-22H,1,12-15H2,(H2,28,29,30). The first-order valence-electron chi connectivity index (χ1n) is 11.9. The Bertz CT molecular complexity index is 1400. The molecule has 1 amide bonds. The molecule has 2 aromatic carbocycles. The molecule has 1 aliphatic heterocycles. The summed E-state index contributed by atoms with van der Waals surface area (Å²) < 4.78 is 7.96. The lowest BCUT2D eigenvalue weighted by atomic mass is 10.00. The molecule has 0 bridgehead atoms. The van der Waals surface area contributed by atoms with E-state index in [0.717, 1.165) is 59.6 Å². The van der Waals surface area contributed by atoms with Crippen LogP contribution in [0.5, 0.6) is 11.5 Å². The molecule has 2 N–H and O–H groups in total. The Kier molecular flexibility index (Phi) is 5.21. The number of fused-ring (bicyclic) bond motifs is 2. The van der Waals surface area contributed by atoms with Crippen molar-refractivity contribution in [3.05, 3.63) is 73.6 Å². The summed E-state index contributed by atoms with van der Waals surface area (Å²) in [5, 5.41) is 5.79. The van der Waals surface area contributed by atoms with Crippen LogP contribution in [0.3, 0.4) is 0 Å². The van der Waals surface area contributed by atoms with Crippen molar-refractivity contribution < 1.29 is 9.53 Å². The Balaban J connectivity index is 1.35. The molecule has 8 nitrogen and oxygen atoms in total. The van der Waals surface area contributed by atoms with Gasteiger partial charge in [-0.15, -0.1) is 0 Å². The lowest BCUT2D eigenvalue weighted by Gasteiger charge is -2.23. The van der Waals surface area contributed by atoms with E-state index in [1.54, 1.807) is 0 Å². The van der Waals surface area contributed by atoms with E-state index in [-0.39, 0.29) is 18.0 Å². The number of rotatable bonds is 5. The molecule has 8 heteroatoms. The highest BCUT2D eigenvalue weighted by atomic mass is 16.5. The van der Waals surface area contributed by atoms with Crippen LogP contribution < -0.4 is 10.5 Å². The van der Waals surface area contributed by atoms with Crippen molar-refractivity contribution >= 4 is 22.8 Å². The minimum absolute atomic E-state index is 0.00791. The molecular formula is C27H26N6O2. The monoisotopic (exact) mass is 466 g/mol. The van der Waals surface area contributed by atoms with Gasteiger partial charge in [-0.1, -0.05) is 24.8 Å². The SMILES string of the molecule is C=CC(=O)N1CCC2C1CCC2n1nc(-c2ccc(Oc3ccccc3)cc2)c2c(N)ncnc21. The zero-order valence-electron chi connectivity index (χ0n) is 19.2. The van der Waals surface area contributed by atoms with Crippen LogP contribution in [-0.2, 0) is 4.79 Å². The average molecular weight is 467 g/mol. The van der Waals surface area contributed by atoms with Gasteiger partial charge in [0.2, 0.25) is 5.91 Å². The summed E-state index contributed by atoms with van der Waals surface area (Å²) in [5.74, 6) is 2.26. The fourth-order valence-electron chi connectivity index (χ4n) is 5.68. The van der Waals surface area contributed by atoms with Crippen LogP contribution in [-0.4, -0.2) is 43.1 Å².